The molecular weight excluding hydrogens is 264 g/mol. The molecule has 108 valence electrons. The summed E-state index contributed by atoms with van der Waals surface area (Å²) >= 11 is 0. The lowest BCUT2D eigenvalue weighted by Crippen LogP contribution is -2.32. The number of aromatic nitrogens is 4. The van der Waals surface area contributed by atoms with Crippen LogP contribution in [0.15, 0.2) is 24.9 Å². The third-order valence-corrected chi connectivity index (χ3v) is 2.74. The van der Waals surface area contributed by atoms with E-state index in [0.717, 1.165) is 18.1 Å². The molecule has 1 aliphatic rings. The van der Waals surface area contributed by atoms with Crippen LogP contribution in [0.2, 0.25) is 0 Å². The van der Waals surface area contributed by atoms with Crippen LogP contribution in [-0.4, -0.2) is 57.0 Å². The first-order valence-electron chi connectivity index (χ1n) is 6.12. The van der Waals surface area contributed by atoms with Crippen LogP contribution in [0.1, 0.15) is 0 Å². The van der Waals surface area contributed by atoms with Crippen molar-refractivity contribution in [3.8, 4) is 11.5 Å². The number of carboxylic acid groups (broad SMARTS) is 1. The maximum Gasteiger partial charge on any atom is 0.290 e. The Bertz CT molecular complexity index is 505. The van der Waals surface area contributed by atoms with Crippen molar-refractivity contribution in [2.45, 2.75) is 12.6 Å². The highest BCUT2D eigenvalue weighted by molar-refractivity contribution is 5.47. The summed E-state index contributed by atoms with van der Waals surface area (Å²) in [5.41, 5.74) is 0.909. The van der Waals surface area contributed by atoms with Crippen LogP contribution < -0.4 is 0 Å². The third kappa shape index (κ3) is 3.65. The van der Waals surface area contributed by atoms with Gasteiger partial charge < -0.3 is 24.1 Å². The molecule has 0 saturated carbocycles. The van der Waals surface area contributed by atoms with Crippen molar-refractivity contribution in [1.82, 2.24) is 19.5 Å². The van der Waals surface area contributed by atoms with E-state index in [4.69, 9.17) is 19.4 Å². The number of ether oxygens (including phenoxy) is 2. The van der Waals surface area contributed by atoms with Crippen molar-refractivity contribution in [3.05, 3.63) is 24.9 Å². The van der Waals surface area contributed by atoms with Gasteiger partial charge in [0.2, 0.25) is 0 Å². The molecule has 20 heavy (non-hydrogen) atoms. The van der Waals surface area contributed by atoms with E-state index < -0.39 is 0 Å². The topological polar surface area (TPSA) is 102 Å². The Balaban J connectivity index is 0.000000452. The summed E-state index contributed by atoms with van der Waals surface area (Å²) in [7, 11) is 0. The van der Waals surface area contributed by atoms with E-state index in [0.29, 0.717) is 19.8 Å². The molecule has 0 bridgehead atoms. The zero-order chi connectivity index (χ0) is 14.2. The highest BCUT2D eigenvalue weighted by atomic mass is 16.6. The number of nitrogens with zero attached hydrogens (tertiary/aromatic N) is 3. The Morgan fingerprint density at radius 3 is 3.05 bits per heavy atom. The van der Waals surface area contributed by atoms with E-state index in [1.807, 2.05) is 10.8 Å². The average Bonchev–Trinajstić information content (AvgIpc) is 3.11. The normalized spacial score (nSPS) is 18.1. The van der Waals surface area contributed by atoms with E-state index in [-0.39, 0.29) is 12.6 Å². The maximum absolute atomic E-state index is 8.36. The Morgan fingerprint density at radius 1 is 1.55 bits per heavy atom. The van der Waals surface area contributed by atoms with Gasteiger partial charge in [0, 0.05) is 12.4 Å². The number of hydrogen-bond donors (Lipinski definition) is 2. The number of imidazole rings is 2. The molecule has 1 saturated heterocycles. The number of rotatable bonds is 3. The fourth-order valence-corrected chi connectivity index (χ4v) is 1.94. The Hall–Kier alpha value is -2.19. The summed E-state index contributed by atoms with van der Waals surface area (Å²) in [6.07, 6.45) is 7.22. The van der Waals surface area contributed by atoms with Gasteiger partial charge in [0.1, 0.15) is 5.69 Å². The smallest absolute Gasteiger partial charge is 0.290 e. The maximum atomic E-state index is 8.36. The van der Waals surface area contributed by atoms with Crippen LogP contribution in [0.5, 0.6) is 0 Å². The van der Waals surface area contributed by atoms with Gasteiger partial charge in [-0.05, 0) is 0 Å². The molecule has 1 fully saturated rings. The minimum Gasteiger partial charge on any atom is -0.483 e. The molecule has 3 heterocycles. The van der Waals surface area contributed by atoms with Crippen molar-refractivity contribution >= 4 is 6.47 Å². The minimum absolute atomic E-state index is 0.0969. The van der Waals surface area contributed by atoms with Crippen molar-refractivity contribution in [3.63, 3.8) is 0 Å². The van der Waals surface area contributed by atoms with Crippen molar-refractivity contribution < 1.29 is 19.4 Å². The van der Waals surface area contributed by atoms with Crippen LogP contribution in [0.4, 0.5) is 0 Å². The predicted octanol–water partition coefficient (Wildman–Crippen LogP) is 0.389. The number of aromatic amines is 1. The Labute approximate surface area is 115 Å². The molecular formula is C12H16N4O4. The summed E-state index contributed by atoms with van der Waals surface area (Å²) in [5.74, 6) is 0.872. The SMILES string of the molecule is O=CO.c1cn(CC2COCCO2)c(-c2cnc[nH]2)n1. The van der Waals surface area contributed by atoms with Crippen LogP contribution in [0.25, 0.3) is 11.5 Å². The van der Waals surface area contributed by atoms with E-state index in [2.05, 4.69) is 15.0 Å². The molecule has 0 radical (unpaired) electrons. The second-order valence-electron chi connectivity index (χ2n) is 4.04. The van der Waals surface area contributed by atoms with E-state index in [1.54, 1.807) is 18.7 Å². The molecule has 3 rings (SSSR count). The molecule has 2 aromatic rings. The molecule has 1 atom stereocenters. The third-order valence-electron chi connectivity index (χ3n) is 2.74. The van der Waals surface area contributed by atoms with E-state index in [1.165, 1.54) is 0 Å². The van der Waals surface area contributed by atoms with Crippen molar-refractivity contribution in [2.24, 2.45) is 0 Å². The summed E-state index contributed by atoms with van der Waals surface area (Å²) < 4.78 is 13.1. The van der Waals surface area contributed by atoms with Gasteiger partial charge in [-0.25, -0.2) is 9.97 Å². The first-order chi connectivity index (χ1) is 9.85. The molecule has 0 spiro atoms. The Morgan fingerprint density at radius 2 is 2.40 bits per heavy atom. The highest BCUT2D eigenvalue weighted by Gasteiger charge is 2.17. The number of carbonyl (C=O) groups is 1. The summed E-state index contributed by atoms with van der Waals surface area (Å²) in [6.45, 7) is 2.49. The zero-order valence-corrected chi connectivity index (χ0v) is 10.8. The summed E-state index contributed by atoms with van der Waals surface area (Å²) in [5, 5.41) is 6.89. The van der Waals surface area contributed by atoms with Gasteiger partial charge in [-0.15, -0.1) is 0 Å². The predicted molar refractivity (Wildman–Crippen MR) is 69.1 cm³/mol. The second-order valence-corrected chi connectivity index (χ2v) is 4.04. The van der Waals surface area contributed by atoms with Crippen LogP contribution in [-0.2, 0) is 20.8 Å². The fraction of sp³-hybridized carbons (Fsp3) is 0.417. The van der Waals surface area contributed by atoms with Gasteiger partial charge in [0.25, 0.3) is 6.47 Å². The second kappa shape index (κ2) is 7.41. The van der Waals surface area contributed by atoms with Gasteiger partial charge in [0.05, 0.1) is 45.0 Å². The summed E-state index contributed by atoms with van der Waals surface area (Å²) in [6, 6.07) is 0. The highest BCUT2D eigenvalue weighted by Crippen LogP contribution is 2.15. The first-order valence-corrected chi connectivity index (χ1v) is 6.12. The molecule has 8 heteroatoms. The molecule has 0 aliphatic carbocycles. The van der Waals surface area contributed by atoms with E-state index >= 15 is 0 Å². The molecule has 0 amide bonds. The standard InChI is InChI=1S/C11H14N4O2.CH2O2/c1-2-15(6-9-7-16-3-4-17-9)11(13-1)10-5-12-8-14-10;2-1-3/h1-2,5,8-9H,3-4,6-7H2,(H,12,14);1H,(H,2,3). The van der Waals surface area contributed by atoms with Gasteiger partial charge >= 0.3 is 0 Å². The average molecular weight is 280 g/mol. The minimum atomic E-state index is -0.250. The molecule has 2 N–H and O–H groups in total. The van der Waals surface area contributed by atoms with Crippen LogP contribution in [0, 0.1) is 0 Å². The molecule has 0 aromatic carbocycles. The van der Waals surface area contributed by atoms with Gasteiger partial charge in [-0.1, -0.05) is 0 Å². The number of hydrogen-bond acceptors (Lipinski definition) is 5. The quantitative estimate of drug-likeness (QED) is 0.788. The molecule has 1 aliphatic heterocycles. The lowest BCUT2D eigenvalue weighted by molar-refractivity contribution is -0.122. The van der Waals surface area contributed by atoms with Crippen LogP contribution >= 0.6 is 0 Å². The monoisotopic (exact) mass is 280 g/mol. The number of H-pyrrole nitrogens is 1. The van der Waals surface area contributed by atoms with Crippen molar-refractivity contribution in [1.29, 1.82) is 0 Å². The fourth-order valence-electron chi connectivity index (χ4n) is 1.94. The van der Waals surface area contributed by atoms with Crippen LogP contribution in [0.3, 0.4) is 0 Å². The largest absolute Gasteiger partial charge is 0.483 e. The van der Waals surface area contributed by atoms with Gasteiger partial charge in [-0.2, -0.15) is 0 Å². The van der Waals surface area contributed by atoms with Crippen molar-refractivity contribution in [2.75, 3.05) is 19.8 Å². The van der Waals surface area contributed by atoms with Gasteiger partial charge in [-0.3, -0.25) is 4.79 Å². The van der Waals surface area contributed by atoms with E-state index in [9.17, 15) is 0 Å². The lowest BCUT2D eigenvalue weighted by Gasteiger charge is -2.23. The summed E-state index contributed by atoms with van der Waals surface area (Å²) in [4.78, 5) is 19.7. The zero-order valence-electron chi connectivity index (χ0n) is 10.8. The molecule has 8 nitrogen and oxygen atoms in total. The van der Waals surface area contributed by atoms with Gasteiger partial charge in [0.15, 0.2) is 5.82 Å². The first kappa shape index (κ1) is 14.2. The Kier molecular flexibility index (Phi) is 5.27. The molecule has 1 unspecified atom stereocenters. The molecule has 2 aromatic heterocycles. The lowest BCUT2D eigenvalue weighted by atomic mass is 10.3. The number of nitrogens with one attached hydrogen (secondary N) is 1.